The van der Waals surface area contributed by atoms with Gasteiger partial charge in [0.1, 0.15) is 5.58 Å². The standard InChI is InChI=1S/C8H4ClNO2/c9-8-5-3-10-2-1-6(5)12-7(8)4-11/h1-4H. The molecule has 2 rings (SSSR count). The number of nitrogens with zero attached hydrogens (tertiary/aromatic N) is 1. The predicted molar refractivity (Wildman–Crippen MR) is 44.4 cm³/mol. The lowest BCUT2D eigenvalue weighted by Crippen LogP contribution is -1.71. The number of furan rings is 1. The molecule has 0 saturated heterocycles. The molecule has 0 atom stereocenters. The van der Waals surface area contributed by atoms with Gasteiger partial charge < -0.3 is 4.42 Å². The molecular weight excluding hydrogens is 178 g/mol. The lowest BCUT2D eigenvalue weighted by atomic mass is 10.3. The van der Waals surface area contributed by atoms with Gasteiger partial charge in [-0.1, -0.05) is 11.6 Å². The van der Waals surface area contributed by atoms with E-state index in [1.165, 1.54) is 0 Å². The minimum absolute atomic E-state index is 0.152. The van der Waals surface area contributed by atoms with Crippen LogP contribution in [-0.2, 0) is 0 Å². The van der Waals surface area contributed by atoms with Gasteiger partial charge in [0.15, 0.2) is 12.0 Å². The Morgan fingerprint density at radius 2 is 2.42 bits per heavy atom. The van der Waals surface area contributed by atoms with Crippen LogP contribution in [0.25, 0.3) is 11.0 Å². The molecule has 0 N–H and O–H groups in total. The van der Waals surface area contributed by atoms with E-state index in [1.807, 2.05) is 0 Å². The van der Waals surface area contributed by atoms with Crippen molar-refractivity contribution in [1.82, 2.24) is 4.98 Å². The Bertz CT molecular complexity index is 436. The van der Waals surface area contributed by atoms with Crippen molar-refractivity contribution < 1.29 is 9.21 Å². The lowest BCUT2D eigenvalue weighted by Gasteiger charge is -1.82. The van der Waals surface area contributed by atoms with Gasteiger partial charge in [-0.25, -0.2) is 0 Å². The number of hydrogen-bond donors (Lipinski definition) is 0. The molecule has 3 nitrogen and oxygen atoms in total. The van der Waals surface area contributed by atoms with E-state index in [0.717, 1.165) is 0 Å². The summed E-state index contributed by atoms with van der Waals surface area (Å²) in [5.74, 6) is 0.152. The van der Waals surface area contributed by atoms with Crippen molar-refractivity contribution >= 4 is 28.9 Å². The summed E-state index contributed by atoms with van der Waals surface area (Å²) >= 11 is 5.79. The summed E-state index contributed by atoms with van der Waals surface area (Å²) in [4.78, 5) is 14.3. The first-order valence-corrected chi connectivity index (χ1v) is 3.68. The van der Waals surface area contributed by atoms with Gasteiger partial charge in [0.25, 0.3) is 0 Å². The molecule has 0 aliphatic carbocycles. The SMILES string of the molecule is O=Cc1oc2ccncc2c1Cl. The van der Waals surface area contributed by atoms with Crippen LogP contribution in [0.2, 0.25) is 5.02 Å². The molecule has 0 amide bonds. The smallest absolute Gasteiger partial charge is 0.186 e. The van der Waals surface area contributed by atoms with Gasteiger partial charge in [-0.05, 0) is 6.07 Å². The zero-order chi connectivity index (χ0) is 8.55. The molecule has 2 aromatic heterocycles. The molecule has 2 heterocycles. The molecule has 12 heavy (non-hydrogen) atoms. The fraction of sp³-hybridized carbons (Fsp3) is 0. The second-order valence-corrected chi connectivity index (χ2v) is 2.65. The van der Waals surface area contributed by atoms with Crippen molar-refractivity contribution in [3.05, 3.63) is 29.2 Å². The van der Waals surface area contributed by atoms with Gasteiger partial charge in [0.2, 0.25) is 0 Å². The molecule has 0 aliphatic rings. The van der Waals surface area contributed by atoms with Crippen molar-refractivity contribution in [1.29, 1.82) is 0 Å². The maximum absolute atomic E-state index is 10.4. The van der Waals surface area contributed by atoms with E-state index in [2.05, 4.69) is 4.98 Å². The van der Waals surface area contributed by atoms with E-state index in [9.17, 15) is 4.79 Å². The Morgan fingerprint density at radius 1 is 1.58 bits per heavy atom. The molecule has 0 aromatic carbocycles. The Kier molecular flexibility index (Phi) is 1.59. The normalized spacial score (nSPS) is 10.4. The van der Waals surface area contributed by atoms with Gasteiger partial charge >= 0.3 is 0 Å². The van der Waals surface area contributed by atoms with Gasteiger partial charge in [-0.15, -0.1) is 0 Å². The molecular formula is C8H4ClNO2. The highest BCUT2D eigenvalue weighted by atomic mass is 35.5. The van der Waals surface area contributed by atoms with E-state index in [4.69, 9.17) is 16.0 Å². The molecule has 0 spiro atoms. The summed E-state index contributed by atoms with van der Waals surface area (Å²) in [6, 6.07) is 1.66. The van der Waals surface area contributed by atoms with E-state index < -0.39 is 0 Å². The lowest BCUT2D eigenvalue weighted by molar-refractivity contribution is 0.110. The number of rotatable bonds is 1. The molecule has 0 fully saturated rings. The van der Waals surface area contributed by atoms with Crippen molar-refractivity contribution in [3.63, 3.8) is 0 Å². The van der Waals surface area contributed by atoms with Gasteiger partial charge in [0, 0.05) is 12.4 Å². The monoisotopic (exact) mass is 181 g/mol. The Morgan fingerprint density at radius 3 is 3.08 bits per heavy atom. The summed E-state index contributed by atoms with van der Waals surface area (Å²) < 4.78 is 5.11. The van der Waals surface area contributed by atoms with E-state index in [1.54, 1.807) is 18.5 Å². The number of fused-ring (bicyclic) bond motifs is 1. The van der Waals surface area contributed by atoms with Gasteiger partial charge in [-0.2, -0.15) is 0 Å². The highest BCUT2D eigenvalue weighted by Gasteiger charge is 2.10. The van der Waals surface area contributed by atoms with Crippen molar-refractivity contribution in [2.75, 3.05) is 0 Å². The van der Waals surface area contributed by atoms with Crippen LogP contribution in [-0.4, -0.2) is 11.3 Å². The predicted octanol–water partition coefficient (Wildman–Crippen LogP) is 2.29. The summed E-state index contributed by atoms with van der Waals surface area (Å²) in [6.07, 6.45) is 3.73. The van der Waals surface area contributed by atoms with Crippen molar-refractivity contribution in [2.45, 2.75) is 0 Å². The van der Waals surface area contributed by atoms with Crippen molar-refractivity contribution in [3.8, 4) is 0 Å². The van der Waals surface area contributed by atoms with Crippen molar-refractivity contribution in [2.24, 2.45) is 0 Å². The number of pyridine rings is 1. The average molecular weight is 182 g/mol. The zero-order valence-electron chi connectivity index (χ0n) is 5.95. The first-order chi connectivity index (χ1) is 5.83. The third-order valence-electron chi connectivity index (χ3n) is 1.56. The van der Waals surface area contributed by atoms with Crippen LogP contribution in [0.4, 0.5) is 0 Å². The molecule has 0 radical (unpaired) electrons. The molecule has 2 aromatic rings. The van der Waals surface area contributed by atoms with E-state index in [0.29, 0.717) is 22.3 Å². The van der Waals surface area contributed by atoms with E-state index in [-0.39, 0.29) is 5.76 Å². The van der Waals surface area contributed by atoms with E-state index >= 15 is 0 Å². The number of carbonyl (C=O) groups excluding carboxylic acids is 1. The van der Waals surface area contributed by atoms with Crippen LogP contribution in [0, 0.1) is 0 Å². The van der Waals surface area contributed by atoms with Crippen LogP contribution in [0.15, 0.2) is 22.9 Å². The topological polar surface area (TPSA) is 43.1 Å². The quantitative estimate of drug-likeness (QED) is 0.634. The van der Waals surface area contributed by atoms with Crippen LogP contribution in [0.1, 0.15) is 10.6 Å². The Labute approximate surface area is 73.0 Å². The maximum Gasteiger partial charge on any atom is 0.186 e. The molecule has 0 saturated carbocycles. The fourth-order valence-electron chi connectivity index (χ4n) is 1.01. The highest BCUT2D eigenvalue weighted by Crippen LogP contribution is 2.27. The van der Waals surface area contributed by atoms with Crippen LogP contribution in [0.3, 0.4) is 0 Å². The Balaban J connectivity index is 2.87. The average Bonchev–Trinajstić information content (AvgIpc) is 2.44. The minimum atomic E-state index is 0.152. The van der Waals surface area contributed by atoms with Gasteiger partial charge in [0.05, 0.1) is 10.4 Å². The summed E-state index contributed by atoms with van der Waals surface area (Å²) in [6.45, 7) is 0. The first kappa shape index (κ1) is 7.31. The number of hydrogen-bond acceptors (Lipinski definition) is 3. The third kappa shape index (κ3) is 0.905. The number of carbonyl (C=O) groups is 1. The molecule has 60 valence electrons. The second-order valence-electron chi connectivity index (χ2n) is 2.27. The minimum Gasteiger partial charge on any atom is -0.452 e. The maximum atomic E-state index is 10.4. The number of halogens is 1. The number of aromatic nitrogens is 1. The highest BCUT2D eigenvalue weighted by molar-refractivity contribution is 6.37. The molecule has 0 aliphatic heterocycles. The first-order valence-electron chi connectivity index (χ1n) is 3.30. The molecule has 4 heteroatoms. The molecule has 0 unspecified atom stereocenters. The van der Waals surface area contributed by atoms with Gasteiger partial charge in [-0.3, -0.25) is 9.78 Å². The summed E-state index contributed by atoms with van der Waals surface area (Å²) in [7, 11) is 0. The summed E-state index contributed by atoms with van der Waals surface area (Å²) in [5, 5.41) is 0.995. The fourth-order valence-corrected chi connectivity index (χ4v) is 1.23. The Hall–Kier alpha value is -1.35. The third-order valence-corrected chi connectivity index (χ3v) is 1.95. The van der Waals surface area contributed by atoms with Crippen LogP contribution in [0.5, 0.6) is 0 Å². The number of aldehydes is 1. The summed E-state index contributed by atoms with van der Waals surface area (Å²) in [5.41, 5.74) is 0.581. The largest absolute Gasteiger partial charge is 0.452 e. The molecule has 0 bridgehead atoms. The second kappa shape index (κ2) is 2.60. The zero-order valence-corrected chi connectivity index (χ0v) is 6.71. The van der Waals surface area contributed by atoms with Crippen LogP contribution >= 0.6 is 11.6 Å². The van der Waals surface area contributed by atoms with Crippen LogP contribution < -0.4 is 0 Å².